The molecule has 0 spiro atoms. The molecule has 0 fully saturated rings. The molecule has 2 N–H and O–H groups in total. The Morgan fingerprint density at radius 1 is 1.08 bits per heavy atom. The minimum atomic E-state index is -0.543. The second kappa shape index (κ2) is 12.5. The van der Waals surface area contributed by atoms with E-state index in [4.69, 9.17) is 9.47 Å². The molecular weight excluding hydrogens is 529 g/mol. The number of carbonyl (C=O) groups is 2. The third kappa shape index (κ3) is 7.17. The van der Waals surface area contributed by atoms with Crippen molar-refractivity contribution in [3.63, 3.8) is 0 Å². The fraction of sp³-hybridized carbons (Fsp3) is 0.148. The average Bonchev–Trinajstić information content (AvgIpc) is 2.85. The van der Waals surface area contributed by atoms with Crippen molar-refractivity contribution in [3.8, 4) is 17.6 Å². The number of para-hydroxylation sites is 1. The summed E-state index contributed by atoms with van der Waals surface area (Å²) in [7, 11) is 0. The van der Waals surface area contributed by atoms with Crippen LogP contribution in [0.1, 0.15) is 18.1 Å². The van der Waals surface area contributed by atoms with Crippen LogP contribution in [0.15, 0.2) is 70.7 Å². The van der Waals surface area contributed by atoms with Crippen LogP contribution in [0.3, 0.4) is 0 Å². The molecule has 0 aromatic heterocycles. The summed E-state index contributed by atoms with van der Waals surface area (Å²) in [5.74, 6) is -0.787. The van der Waals surface area contributed by atoms with Crippen LogP contribution >= 0.6 is 15.9 Å². The fourth-order valence-electron chi connectivity index (χ4n) is 3.16. The maximum absolute atomic E-state index is 13.0. The van der Waals surface area contributed by atoms with Gasteiger partial charge in [0.05, 0.1) is 11.1 Å². The number of benzene rings is 3. The lowest BCUT2D eigenvalue weighted by Crippen LogP contribution is -2.20. The first-order valence-corrected chi connectivity index (χ1v) is 11.7. The molecule has 0 bridgehead atoms. The Kier molecular flexibility index (Phi) is 9.19. The first kappa shape index (κ1) is 26.4. The van der Waals surface area contributed by atoms with Gasteiger partial charge in [0, 0.05) is 11.4 Å². The summed E-state index contributed by atoms with van der Waals surface area (Å²) in [6, 6.07) is 17.8. The predicted molar refractivity (Wildman–Crippen MR) is 139 cm³/mol. The molecule has 184 valence electrons. The van der Waals surface area contributed by atoms with Crippen LogP contribution in [-0.2, 0) is 9.59 Å². The standard InChI is InChI=1S/C27H23BrFN3O4/c1-3-35-24-14-18(12-19(15-30)27(34)32-23-7-5-4-6-17(23)2)13-22(28)26(24)36-16-25(33)31-21-10-8-20(29)9-11-21/h4-14H,3,16H2,1-2H3,(H,31,33)(H,32,34)/b19-12-. The highest BCUT2D eigenvalue weighted by Gasteiger charge is 2.16. The molecule has 7 nitrogen and oxygen atoms in total. The summed E-state index contributed by atoms with van der Waals surface area (Å²) in [6.45, 7) is 3.64. The Morgan fingerprint density at radius 3 is 2.47 bits per heavy atom. The van der Waals surface area contributed by atoms with Crippen molar-refractivity contribution in [1.82, 2.24) is 0 Å². The summed E-state index contributed by atoms with van der Waals surface area (Å²) in [5, 5.41) is 14.9. The number of amides is 2. The fourth-order valence-corrected chi connectivity index (χ4v) is 3.73. The van der Waals surface area contributed by atoms with Crippen LogP contribution < -0.4 is 20.1 Å². The summed E-state index contributed by atoms with van der Waals surface area (Å²) in [5.41, 5.74) is 2.34. The molecule has 0 saturated heterocycles. The quantitative estimate of drug-likeness (QED) is 0.256. The molecule has 0 aliphatic carbocycles. The number of hydrogen-bond acceptors (Lipinski definition) is 5. The highest BCUT2D eigenvalue weighted by molar-refractivity contribution is 9.10. The maximum Gasteiger partial charge on any atom is 0.266 e. The molecule has 3 aromatic rings. The van der Waals surface area contributed by atoms with Gasteiger partial charge in [-0.2, -0.15) is 5.26 Å². The van der Waals surface area contributed by atoms with Crippen LogP contribution in [-0.4, -0.2) is 25.0 Å². The highest BCUT2D eigenvalue weighted by atomic mass is 79.9. The van der Waals surface area contributed by atoms with Gasteiger partial charge >= 0.3 is 0 Å². The van der Waals surface area contributed by atoms with Gasteiger partial charge in [-0.05, 0) is 89.4 Å². The summed E-state index contributed by atoms with van der Waals surface area (Å²) in [4.78, 5) is 24.9. The zero-order valence-corrected chi connectivity index (χ0v) is 21.2. The first-order chi connectivity index (χ1) is 17.3. The van der Waals surface area contributed by atoms with E-state index in [9.17, 15) is 19.2 Å². The van der Waals surface area contributed by atoms with Crippen molar-refractivity contribution >= 4 is 45.2 Å². The number of nitrogens with one attached hydrogen (secondary N) is 2. The number of carbonyl (C=O) groups excluding carboxylic acids is 2. The Morgan fingerprint density at radius 2 is 1.81 bits per heavy atom. The van der Waals surface area contributed by atoms with Crippen LogP contribution in [0.2, 0.25) is 0 Å². The van der Waals surface area contributed by atoms with Crippen molar-refractivity contribution in [2.24, 2.45) is 0 Å². The van der Waals surface area contributed by atoms with Crippen molar-refractivity contribution in [1.29, 1.82) is 5.26 Å². The third-order valence-electron chi connectivity index (χ3n) is 4.88. The molecule has 0 aliphatic rings. The number of nitriles is 1. The van der Waals surface area contributed by atoms with E-state index in [-0.39, 0.29) is 17.9 Å². The van der Waals surface area contributed by atoms with Gasteiger partial charge < -0.3 is 20.1 Å². The van der Waals surface area contributed by atoms with Crippen molar-refractivity contribution < 1.29 is 23.5 Å². The topological polar surface area (TPSA) is 100 Å². The zero-order chi connectivity index (χ0) is 26.1. The molecule has 0 atom stereocenters. The minimum absolute atomic E-state index is 0.0973. The van der Waals surface area contributed by atoms with E-state index in [0.717, 1.165) is 5.56 Å². The SMILES string of the molecule is CCOc1cc(/C=C(/C#N)C(=O)Nc2ccccc2C)cc(Br)c1OCC(=O)Nc1ccc(F)cc1. The van der Waals surface area contributed by atoms with Crippen molar-refractivity contribution in [2.45, 2.75) is 13.8 Å². The largest absolute Gasteiger partial charge is 0.490 e. The molecule has 0 unspecified atom stereocenters. The van der Waals surface area contributed by atoms with E-state index in [1.807, 2.05) is 25.1 Å². The van der Waals surface area contributed by atoms with E-state index < -0.39 is 17.6 Å². The van der Waals surface area contributed by atoms with Gasteiger partial charge in [0.15, 0.2) is 18.1 Å². The molecule has 36 heavy (non-hydrogen) atoms. The number of rotatable bonds is 9. The normalized spacial score (nSPS) is 10.8. The molecule has 0 saturated carbocycles. The summed E-state index contributed by atoms with van der Waals surface area (Å²) >= 11 is 3.41. The van der Waals surface area contributed by atoms with Crippen LogP contribution in [0.25, 0.3) is 6.08 Å². The molecule has 3 rings (SSSR count). The minimum Gasteiger partial charge on any atom is -0.490 e. The Labute approximate surface area is 216 Å². The van der Waals surface area contributed by atoms with Gasteiger partial charge in [-0.15, -0.1) is 0 Å². The lowest BCUT2D eigenvalue weighted by Gasteiger charge is -2.15. The molecular formula is C27H23BrFN3O4. The van der Waals surface area contributed by atoms with Gasteiger partial charge in [0.25, 0.3) is 11.8 Å². The lowest BCUT2D eigenvalue weighted by atomic mass is 10.1. The highest BCUT2D eigenvalue weighted by Crippen LogP contribution is 2.37. The van der Waals surface area contributed by atoms with Gasteiger partial charge in [-0.25, -0.2) is 4.39 Å². The van der Waals surface area contributed by atoms with Crippen LogP contribution in [0.4, 0.5) is 15.8 Å². The number of ether oxygens (including phenoxy) is 2. The molecule has 0 radical (unpaired) electrons. The number of anilines is 2. The molecule has 0 heterocycles. The van der Waals surface area contributed by atoms with Crippen molar-refractivity contribution in [2.75, 3.05) is 23.8 Å². The lowest BCUT2D eigenvalue weighted by molar-refractivity contribution is -0.118. The second-order valence-electron chi connectivity index (χ2n) is 7.55. The van der Waals surface area contributed by atoms with Crippen molar-refractivity contribution in [3.05, 3.63) is 87.7 Å². The number of nitrogens with zero attached hydrogens (tertiary/aromatic N) is 1. The van der Waals surface area contributed by atoms with E-state index in [2.05, 4.69) is 26.6 Å². The molecule has 2 amide bonds. The second-order valence-corrected chi connectivity index (χ2v) is 8.40. The summed E-state index contributed by atoms with van der Waals surface area (Å²) < 4.78 is 24.9. The number of hydrogen-bond donors (Lipinski definition) is 2. The Hall–Kier alpha value is -4.16. The van der Waals surface area contributed by atoms with Gasteiger partial charge in [0.1, 0.15) is 17.5 Å². The number of aryl methyl sites for hydroxylation is 1. The van der Waals surface area contributed by atoms with E-state index in [1.165, 1.54) is 30.3 Å². The van der Waals surface area contributed by atoms with E-state index >= 15 is 0 Å². The first-order valence-electron chi connectivity index (χ1n) is 10.9. The van der Waals surface area contributed by atoms with Gasteiger partial charge in [0.2, 0.25) is 0 Å². The summed E-state index contributed by atoms with van der Waals surface area (Å²) in [6.07, 6.45) is 1.44. The Balaban J connectivity index is 1.77. The maximum atomic E-state index is 13.0. The predicted octanol–water partition coefficient (Wildman–Crippen LogP) is 5.86. The number of halogens is 2. The molecule has 3 aromatic carbocycles. The third-order valence-corrected chi connectivity index (χ3v) is 5.47. The monoisotopic (exact) mass is 551 g/mol. The zero-order valence-electron chi connectivity index (χ0n) is 19.6. The van der Waals surface area contributed by atoms with Crippen LogP contribution in [0.5, 0.6) is 11.5 Å². The molecule has 9 heteroatoms. The smallest absolute Gasteiger partial charge is 0.266 e. The van der Waals surface area contributed by atoms with E-state index in [1.54, 1.807) is 31.2 Å². The molecule has 0 aliphatic heterocycles. The van der Waals surface area contributed by atoms with Gasteiger partial charge in [-0.1, -0.05) is 18.2 Å². The van der Waals surface area contributed by atoms with E-state index in [0.29, 0.717) is 33.8 Å². The van der Waals surface area contributed by atoms with Crippen LogP contribution in [0, 0.1) is 24.1 Å². The Bertz CT molecular complexity index is 1330. The van der Waals surface area contributed by atoms with Gasteiger partial charge in [-0.3, -0.25) is 9.59 Å². The average molecular weight is 552 g/mol.